The van der Waals surface area contributed by atoms with Crippen molar-refractivity contribution in [1.82, 2.24) is 9.97 Å². The van der Waals surface area contributed by atoms with Crippen molar-refractivity contribution >= 4 is 23.3 Å². The molecule has 3 rings (SSSR count). The number of H-pyrrole nitrogens is 1. The van der Waals surface area contributed by atoms with Crippen LogP contribution in [0.15, 0.2) is 12.1 Å². The summed E-state index contributed by atoms with van der Waals surface area (Å²) in [6.45, 7) is 1.32. The first kappa shape index (κ1) is 15.4. The number of ether oxygens (including phenoxy) is 1. The van der Waals surface area contributed by atoms with E-state index in [1.807, 2.05) is 0 Å². The SMILES string of the molecule is Cc1cc(F)nc2[nH]c(=S)c(C3OC(CO)C(O)C3O)cc12. The third-order valence-electron chi connectivity index (χ3n) is 3.88. The lowest BCUT2D eigenvalue weighted by molar-refractivity contribution is -0.0229. The number of rotatable bonds is 2. The first-order valence-corrected chi connectivity index (χ1v) is 7.15. The topological polar surface area (TPSA) is 98.6 Å². The lowest BCUT2D eigenvalue weighted by atomic mass is 10.0. The number of halogens is 1. The average Bonchev–Trinajstić information content (AvgIpc) is 2.74. The Labute approximate surface area is 130 Å². The van der Waals surface area contributed by atoms with Crippen molar-refractivity contribution in [2.45, 2.75) is 31.3 Å². The molecule has 2 aromatic heterocycles. The number of hydrogen-bond acceptors (Lipinski definition) is 6. The molecule has 1 fully saturated rings. The number of nitrogens with zero attached hydrogens (tertiary/aromatic N) is 1. The highest BCUT2D eigenvalue weighted by atomic mass is 32.1. The molecule has 4 N–H and O–H groups in total. The fraction of sp³-hybridized carbons (Fsp3) is 0.429. The van der Waals surface area contributed by atoms with Crippen LogP contribution in [0.25, 0.3) is 11.0 Å². The van der Waals surface area contributed by atoms with Gasteiger partial charge in [-0.1, -0.05) is 12.2 Å². The molecule has 0 radical (unpaired) electrons. The van der Waals surface area contributed by atoms with Crippen molar-refractivity contribution in [2.75, 3.05) is 6.61 Å². The Balaban J connectivity index is 2.12. The van der Waals surface area contributed by atoms with E-state index in [2.05, 4.69) is 9.97 Å². The predicted octanol–water partition coefficient (Wildman–Crippen LogP) is 0.894. The summed E-state index contributed by atoms with van der Waals surface area (Å²) >= 11 is 5.22. The van der Waals surface area contributed by atoms with E-state index in [9.17, 15) is 14.6 Å². The number of nitrogens with one attached hydrogen (secondary N) is 1. The zero-order chi connectivity index (χ0) is 16.0. The molecule has 22 heavy (non-hydrogen) atoms. The zero-order valence-electron chi connectivity index (χ0n) is 11.7. The monoisotopic (exact) mass is 326 g/mol. The highest BCUT2D eigenvalue weighted by molar-refractivity contribution is 7.71. The van der Waals surface area contributed by atoms with Crippen LogP contribution in [0.3, 0.4) is 0 Å². The van der Waals surface area contributed by atoms with Crippen LogP contribution >= 0.6 is 12.2 Å². The molecule has 8 heteroatoms. The van der Waals surface area contributed by atoms with Crippen LogP contribution in [0, 0.1) is 17.5 Å². The summed E-state index contributed by atoms with van der Waals surface area (Å²) < 4.78 is 19.1. The van der Waals surface area contributed by atoms with Gasteiger partial charge in [-0.3, -0.25) is 0 Å². The maximum Gasteiger partial charge on any atom is 0.215 e. The normalized spacial score (nSPS) is 28.4. The summed E-state index contributed by atoms with van der Waals surface area (Å²) in [5, 5.41) is 29.7. The van der Waals surface area contributed by atoms with Gasteiger partial charge in [0, 0.05) is 10.9 Å². The lowest BCUT2D eigenvalue weighted by Gasteiger charge is -2.16. The van der Waals surface area contributed by atoms with Crippen molar-refractivity contribution in [2.24, 2.45) is 0 Å². The lowest BCUT2D eigenvalue weighted by Crippen LogP contribution is -2.32. The summed E-state index contributed by atoms with van der Waals surface area (Å²) in [7, 11) is 0. The smallest absolute Gasteiger partial charge is 0.215 e. The average molecular weight is 326 g/mol. The molecule has 3 heterocycles. The first-order valence-electron chi connectivity index (χ1n) is 6.75. The van der Waals surface area contributed by atoms with Gasteiger partial charge in [-0.2, -0.15) is 4.39 Å². The molecule has 118 valence electrons. The molecule has 0 bridgehead atoms. The van der Waals surface area contributed by atoms with Crippen LogP contribution in [0.4, 0.5) is 4.39 Å². The zero-order valence-corrected chi connectivity index (χ0v) is 12.5. The fourth-order valence-corrected chi connectivity index (χ4v) is 2.96. The summed E-state index contributed by atoms with van der Waals surface area (Å²) in [6, 6.07) is 2.95. The molecule has 1 saturated heterocycles. The number of aromatic nitrogens is 2. The Morgan fingerprint density at radius 2 is 2.09 bits per heavy atom. The molecule has 2 aromatic rings. The molecule has 1 aliphatic rings. The maximum atomic E-state index is 13.4. The van der Waals surface area contributed by atoms with Gasteiger partial charge in [0.2, 0.25) is 5.95 Å². The molecule has 4 unspecified atom stereocenters. The molecule has 6 nitrogen and oxygen atoms in total. The number of aliphatic hydroxyl groups excluding tert-OH is 3. The Morgan fingerprint density at radius 1 is 1.36 bits per heavy atom. The summed E-state index contributed by atoms with van der Waals surface area (Å²) in [4.78, 5) is 6.56. The van der Waals surface area contributed by atoms with E-state index in [1.54, 1.807) is 13.0 Å². The largest absolute Gasteiger partial charge is 0.394 e. The second-order valence-electron chi connectivity index (χ2n) is 5.34. The van der Waals surface area contributed by atoms with E-state index in [4.69, 9.17) is 22.1 Å². The van der Waals surface area contributed by atoms with Crippen LogP contribution < -0.4 is 0 Å². The van der Waals surface area contributed by atoms with Crippen molar-refractivity contribution in [3.8, 4) is 0 Å². The summed E-state index contributed by atoms with van der Waals surface area (Å²) in [6.07, 6.45) is -4.16. The first-order chi connectivity index (χ1) is 10.4. The van der Waals surface area contributed by atoms with Crippen molar-refractivity contribution in [3.63, 3.8) is 0 Å². The van der Waals surface area contributed by atoms with E-state index in [-0.39, 0.29) is 4.64 Å². The molecule has 4 atom stereocenters. The van der Waals surface area contributed by atoms with Gasteiger partial charge in [-0.05, 0) is 24.6 Å². The number of pyridine rings is 2. The van der Waals surface area contributed by atoms with Gasteiger partial charge in [0.15, 0.2) is 0 Å². The van der Waals surface area contributed by atoms with Crippen LogP contribution in [-0.2, 0) is 4.74 Å². The van der Waals surface area contributed by atoms with Crippen molar-refractivity contribution in [1.29, 1.82) is 0 Å². The number of aromatic amines is 1. The van der Waals surface area contributed by atoms with Gasteiger partial charge < -0.3 is 25.0 Å². The van der Waals surface area contributed by atoms with Crippen LogP contribution in [0.1, 0.15) is 17.2 Å². The third-order valence-corrected chi connectivity index (χ3v) is 4.21. The van der Waals surface area contributed by atoms with E-state index >= 15 is 0 Å². The van der Waals surface area contributed by atoms with E-state index in [0.717, 1.165) is 0 Å². The molecule has 0 aromatic carbocycles. The molecule has 0 saturated carbocycles. The summed E-state index contributed by atoms with van der Waals surface area (Å²) in [5.41, 5.74) is 1.42. The molecule has 1 aliphatic heterocycles. The quantitative estimate of drug-likeness (QED) is 0.483. The van der Waals surface area contributed by atoms with Gasteiger partial charge in [-0.25, -0.2) is 4.98 Å². The highest BCUT2D eigenvalue weighted by Gasteiger charge is 2.43. The molecule has 0 amide bonds. The Bertz CT molecular complexity index is 781. The number of fused-ring (bicyclic) bond motifs is 1. The van der Waals surface area contributed by atoms with E-state index in [0.29, 0.717) is 22.2 Å². The maximum absolute atomic E-state index is 13.4. The second kappa shape index (κ2) is 5.64. The Kier molecular flexibility index (Phi) is 3.96. The van der Waals surface area contributed by atoms with Crippen LogP contribution in [-0.4, -0.2) is 50.2 Å². The van der Waals surface area contributed by atoms with Crippen LogP contribution in [0.5, 0.6) is 0 Å². The number of aliphatic hydroxyl groups is 3. The van der Waals surface area contributed by atoms with Gasteiger partial charge in [-0.15, -0.1) is 0 Å². The molecule has 0 aliphatic carbocycles. The van der Waals surface area contributed by atoms with Crippen molar-refractivity contribution < 1.29 is 24.4 Å². The molecule has 0 spiro atoms. The standard InChI is InChI=1S/C14H15FN2O4S/c1-5-2-9(15)16-13-6(5)3-7(14(22)17-13)12-11(20)10(19)8(4-18)21-12/h2-3,8,10-12,18-20H,4H2,1H3,(H,16,17,22). The van der Waals surface area contributed by atoms with Crippen LogP contribution in [0.2, 0.25) is 0 Å². The third kappa shape index (κ3) is 2.42. The minimum atomic E-state index is -1.21. The summed E-state index contributed by atoms with van der Waals surface area (Å²) in [5.74, 6) is -0.615. The van der Waals surface area contributed by atoms with Gasteiger partial charge in [0.05, 0.1) is 6.61 Å². The van der Waals surface area contributed by atoms with Gasteiger partial charge in [0.1, 0.15) is 34.7 Å². The number of aryl methyl sites for hydroxylation is 1. The Morgan fingerprint density at radius 3 is 2.73 bits per heavy atom. The minimum absolute atomic E-state index is 0.236. The van der Waals surface area contributed by atoms with E-state index < -0.39 is 37.0 Å². The van der Waals surface area contributed by atoms with Gasteiger partial charge >= 0.3 is 0 Å². The highest BCUT2D eigenvalue weighted by Crippen LogP contribution is 2.35. The Hall–Kier alpha value is -1.45. The minimum Gasteiger partial charge on any atom is -0.394 e. The molecular weight excluding hydrogens is 311 g/mol. The predicted molar refractivity (Wildman–Crippen MR) is 78.3 cm³/mol. The van der Waals surface area contributed by atoms with Gasteiger partial charge in [0.25, 0.3) is 0 Å². The molecular formula is C14H15FN2O4S. The number of hydrogen-bond donors (Lipinski definition) is 4. The fourth-order valence-electron chi connectivity index (χ4n) is 2.69. The van der Waals surface area contributed by atoms with Crippen molar-refractivity contribution in [3.05, 3.63) is 33.8 Å². The second-order valence-corrected chi connectivity index (χ2v) is 5.75. The van der Waals surface area contributed by atoms with E-state index in [1.165, 1.54) is 6.07 Å².